The number of nitrogens with zero attached hydrogens (tertiary/aromatic N) is 2. The summed E-state index contributed by atoms with van der Waals surface area (Å²) in [5, 5.41) is 12.4. The van der Waals surface area contributed by atoms with Crippen LogP contribution in [0.3, 0.4) is 0 Å². The van der Waals surface area contributed by atoms with Gasteiger partial charge in [0.05, 0.1) is 12.0 Å². The predicted molar refractivity (Wildman–Crippen MR) is 148 cm³/mol. The zero-order valence-electron chi connectivity index (χ0n) is 22.6. The lowest BCUT2D eigenvalue weighted by molar-refractivity contribution is -0.142. The van der Waals surface area contributed by atoms with E-state index in [0.29, 0.717) is 23.9 Å². The van der Waals surface area contributed by atoms with E-state index >= 15 is 0 Å². The fraction of sp³-hybridized carbons (Fsp3) is 0.290. The Balaban J connectivity index is 0.000000494. The molecule has 1 aromatic heterocycles. The molecule has 0 aliphatic heterocycles. The molecule has 0 unspecified atom stereocenters. The van der Waals surface area contributed by atoms with Gasteiger partial charge in [0.25, 0.3) is 5.89 Å². The highest BCUT2D eigenvalue weighted by atomic mass is 16.5. The summed E-state index contributed by atoms with van der Waals surface area (Å²) in [6.45, 7) is 11.8. The molecule has 38 heavy (non-hydrogen) atoms. The minimum atomic E-state index is -0.646. The first-order valence-corrected chi connectivity index (χ1v) is 12.4. The summed E-state index contributed by atoms with van der Waals surface area (Å²) in [6, 6.07) is 13.2. The molecule has 7 heteroatoms. The Kier molecular flexibility index (Phi) is 9.31. The van der Waals surface area contributed by atoms with Gasteiger partial charge in [-0.25, -0.2) is 0 Å². The van der Waals surface area contributed by atoms with E-state index in [9.17, 15) is 9.59 Å². The second-order valence-electron chi connectivity index (χ2n) is 9.62. The van der Waals surface area contributed by atoms with Gasteiger partial charge >= 0.3 is 5.97 Å². The fourth-order valence-corrected chi connectivity index (χ4v) is 3.66. The van der Waals surface area contributed by atoms with E-state index in [4.69, 9.17) is 14.4 Å². The van der Waals surface area contributed by atoms with Crippen LogP contribution in [0.15, 0.2) is 77.4 Å². The highest BCUT2D eigenvalue weighted by Gasteiger charge is 2.44. The number of carbonyl (C=O) groups is 2. The number of ether oxygens (including phenoxy) is 1. The first kappa shape index (κ1) is 28.5. The van der Waals surface area contributed by atoms with E-state index in [1.165, 1.54) is 6.92 Å². The number of benzene rings is 2. The third-order valence-electron chi connectivity index (χ3n) is 6.33. The smallest absolute Gasteiger partial charge is 0.309 e. The van der Waals surface area contributed by atoms with Crippen molar-refractivity contribution in [2.75, 3.05) is 7.11 Å². The van der Waals surface area contributed by atoms with Gasteiger partial charge in [0.1, 0.15) is 0 Å². The minimum absolute atomic E-state index is 0.00958. The molecule has 7 nitrogen and oxygen atoms in total. The van der Waals surface area contributed by atoms with Gasteiger partial charge in [0, 0.05) is 23.8 Å². The number of Topliss-reactive ketones (excluding diaryl/α,β-unsaturated/α-hetero) is 1. The number of carbonyl (C=O) groups excluding carboxylic acids is 1. The summed E-state index contributed by atoms with van der Waals surface area (Å²) in [4.78, 5) is 26.3. The Labute approximate surface area is 223 Å². The van der Waals surface area contributed by atoms with Crippen LogP contribution in [0, 0.1) is 5.41 Å². The molecule has 2 aromatic carbocycles. The highest BCUT2D eigenvalue weighted by Crippen LogP contribution is 2.44. The standard InChI is InChI=1S/C26H26N2O3.C5H8O2/c1-6-7-11-23(17(2)3)24-13-12-21(15-22(24)16-30-5)26-27-25(28-31-26)20-10-8-9-19(14-20)18(4)29;1-5(2-3-5)4(6)7/h6-15H,2,16H2,1,3-5H3;2-3H2,1H3,(H,6,7)/b7-6-,23-11+;. The van der Waals surface area contributed by atoms with Gasteiger partial charge in [-0.1, -0.05) is 59.8 Å². The third-order valence-corrected chi connectivity index (χ3v) is 6.33. The van der Waals surface area contributed by atoms with Crippen molar-refractivity contribution in [3.63, 3.8) is 0 Å². The number of allylic oxidation sites excluding steroid dienone is 5. The molecule has 1 saturated carbocycles. The number of aliphatic carboxylic acids is 1. The SMILES string of the molecule is C=C(C)/C(=C\C=C/C)c1ccc(-c2nc(-c3cccc(C(C)=O)c3)no2)cc1COC.CC1(C(=O)O)CC1. The Morgan fingerprint density at radius 3 is 2.45 bits per heavy atom. The van der Waals surface area contributed by atoms with Crippen molar-refractivity contribution in [2.45, 2.75) is 47.1 Å². The number of hydrogen-bond acceptors (Lipinski definition) is 6. The second-order valence-corrected chi connectivity index (χ2v) is 9.62. The summed E-state index contributed by atoms with van der Waals surface area (Å²) >= 11 is 0. The van der Waals surface area contributed by atoms with Crippen molar-refractivity contribution in [3.8, 4) is 22.8 Å². The maximum Gasteiger partial charge on any atom is 0.309 e. The number of hydrogen-bond donors (Lipinski definition) is 1. The third kappa shape index (κ3) is 7.01. The monoisotopic (exact) mass is 514 g/mol. The number of methoxy groups -OCH3 is 1. The Hall–Kier alpha value is -4.10. The predicted octanol–water partition coefficient (Wildman–Crippen LogP) is 7.16. The Morgan fingerprint density at radius 2 is 1.89 bits per heavy atom. The minimum Gasteiger partial charge on any atom is -0.481 e. The number of ketones is 1. The summed E-state index contributed by atoms with van der Waals surface area (Å²) in [7, 11) is 1.67. The Morgan fingerprint density at radius 1 is 1.16 bits per heavy atom. The van der Waals surface area contributed by atoms with Crippen LogP contribution >= 0.6 is 0 Å². The maximum absolute atomic E-state index is 11.7. The van der Waals surface area contributed by atoms with Crippen LogP contribution in [0.25, 0.3) is 28.4 Å². The molecular formula is C31H34N2O5. The first-order chi connectivity index (χ1) is 18.1. The summed E-state index contributed by atoms with van der Waals surface area (Å²) < 4.78 is 11.0. The van der Waals surface area contributed by atoms with Crippen molar-refractivity contribution < 1.29 is 24.0 Å². The summed E-state index contributed by atoms with van der Waals surface area (Å²) in [5.41, 5.74) is 5.86. The van der Waals surface area contributed by atoms with Crippen LogP contribution in [0.1, 0.15) is 62.0 Å². The molecule has 1 fully saturated rings. The van der Waals surface area contributed by atoms with E-state index in [1.54, 1.807) is 26.2 Å². The second kappa shape index (κ2) is 12.4. The highest BCUT2D eigenvalue weighted by molar-refractivity contribution is 5.95. The van der Waals surface area contributed by atoms with Crippen molar-refractivity contribution in [1.29, 1.82) is 0 Å². The molecule has 1 aliphatic rings. The number of carboxylic acids is 1. The zero-order chi connectivity index (χ0) is 27.9. The lowest BCUT2D eigenvalue weighted by Crippen LogP contribution is -2.08. The molecule has 0 spiro atoms. The van der Waals surface area contributed by atoms with Crippen LogP contribution < -0.4 is 0 Å². The van der Waals surface area contributed by atoms with Crippen LogP contribution in [-0.2, 0) is 16.1 Å². The molecule has 1 N–H and O–H groups in total. The lowest BCUT2D eigenvalue weighted by Gasteiger charge is -2.13. The molecule has 1 heterocycles. The Bertz CT molecular complexity index is 1390. The average molecular weight is 515 g/mol. The quantitative estimate of drug-likeness (QED) is 0.239. The van der Waals surface area contributed by atoms with Gasteiger partial charge in [-0.15, -0.1) is 0 Å². The number of carboxylic acid groups (broad SMARTS) is 1. The zero-order valence-corrected chi connectivity index (χ0v) is 22.6. The topological polar surface area (TPSA) is 103 Å². The molecule has 3 aromatic rings. The molecule has 0 atom stereocenters. The van der Waals surface area contributed by atoms with E-state index in [0.717, 1.165) is 46.2 Å². The first-order valence-electron chi connectivity index (χ1n) is 12.4. The van der Waals surface area contributed by atoms with Gasteiger partial charge in [0.2, 0.25) is 5.82 Å². The number of aromatic nitrogens is 2. The fourth-order valence-electron chi connectivity index (χ4n) is 3.66. The van der Waals surface area contributed by atoms with E-state index in [-0.39, 0.29) is 11.2 Å². The van der Waals surface area contributed by atoms with Crippen LogP contribution in [0.5, 0.6) is 0 Å². The van der Waals surface area contributed by atoms with E-state index < -0.39 is 5.97 Å². The summed E-state index contributed by atoms with van der Waals surface area (Å²) in [6.07, 6.45) is 7.75. The van der Waals surface area contributed by atoms with Crippen LogP contribution in [0.2, 0.25) is 0 Å². The van der Waals surface area contributed by atoms with Gasteiger partial charge in [-0.2, -0.15) is 4.98 Å². The molecule has 4 rings (SSSR count). The van der Waals surface area contributed by atoms with Crippen molar-refractivity contribution in [3.05, 3.63) is 89.5 Å². The largest absolute Gasteiger partial charge is 0.481 e. The molecule has 198 valence electrons. The summed E-state index contributed by atoms with van der Waals surface area (Å²) in [5.74, 6) is 0.185. The van der Waals surface area contributed by atoms with E-state index in [1.807, 2.05) is 62.4 Å². The van der Waals surface area contributed by atoms with Crippen LogP contribution in [0.4, 0.5) is 0 Å². The van der Waals surface area contributed by atoms with Gasteiger partial charge < -0.3 is 14.4 Å². The molecule has 1 aliphatic carbocycles. The molecule has 0 bridgehead atoms. The van der Waals surface area contributed by atoms with Crippen LogP contribution in [-0.4, -0.2) is 34.1 Å². The van der Waals surface area contributed by atoms with Gasteiger partial charge in [-0.05, 0) is 75.4 Å². The maximum atomic E-state index is 11.7. The normalized spacial score (nSPS) is 14.1. The van der Waals surface area contributed by atoms with Crippen molar-refractivity contribution >= 4 is 17.3 Å². The molecular weight excluding hydrogens is 480 g/mol. The van der Waals surface area contributed by atoms with Gasteiger partial charge in [-0.3, -0.25) is 9.59 Å². The average Bonchev–Trinajstić information content (AvgIpc) is 3.46. The lowest BCUT2D eigenvalue weighted by atomic mass is 9.93. The van der Waals surface area contributed by atoms with Crippen molar-refractivity contribution in [2.24, 2.45) is 5.41 Å². The molecule has 0 radical (unpaired) electrons. The van der Waals surface area contributed by atoms with Crippen molar-refractivity contribution in [1.82, 2.24) is 10.1 Å². The molecule has 0 amide bonds. The molecule has 0 saturated heterocycles. The number of rotatable bonds is 9. The van der Waals surface area contributed by atoms with E-state index in [2.05, 4.69) is 16.7 Å². The van der Waals surface area contributed by atoms with Gasteiger partial charge in [0.15, 0.2) is 5.78 Å².